The molecule has 118 valence electrons. The summed E-state index contributed by atoms with van der Waals surface area (Å²) >= 11 is 0. The number of pyridine rings is 1. The van der Waals surface area contributed by atoms with Gasteiger partial charge in [-0.2, -0.15) is 0 Å². The fourth-order valence-electron chi connectivity index (χ4n) is 3.52. The molecular formula is C18H30N2O. The summed E-state index contributed by atoms with van der Waals surface area (Å²) in [6.07, 6.45) is 9.41. The molecule has 1 aromatic heterocycles. The van der Waals surface area contributed by atoms with Crippen molar-refractivity contribution in [2.75, 3.05) is 6.54 Å². The molecule has 0 radical (unpaired) electrons. The number of aryl methyl sites for hydroxylation is 1. The van der Waals surface area contributed by atoms with Crippen LogP contribution in [-0.4, -0.2) is 22.2 Å². The van der Waals surface area contributed by atoms with E-state index in [1.54, 1.807) is 6.20 Å². The van der Waals surface area contributed by atoms with Crippen molar-refractivity contribution in [1.82, 2.24) is 10.3 Å². The summed E-state index contributed by atoms with van der Waals surface area (Å²) in [7, 11) is 0. The van der Waals surface area contributed by atoms with E-state index >= 15 is 0 Å². The van der Waals surface area contributed by atoms with Crippen LogP contribution in [0.3, 0.4) is 0 Å². The van der Waals surface area contributed by atoms with Crippen LogP contribution in [-0.2, 0) is 0 Å². The Hall–Kier alpha value is -0.930. The van der Waals surface area contributed by atoms with Gasteiger partial charge >= 0.3 is 0 Å². The number of nitrogens with zero attached hydrogens (tertiary/aromatic N) is 1. The molecule has 1 atom stereocenters. The summed E-state index contributed by atoms with van der Waals surface area (Å²) in [6, 6.07) is 3.85. The van der Waals surface area contributed by atoms with E-state index in [-0.39, 0.29) is 5.54 Å². The van der Waals surface area contributed by atoms with Crippen LogP contribution in [0.2, 0.25) is 0 Å². The molecule has 1 fully saturated rings. The van der Waals surface area contributed by atoms with Crippen molar-refractivity contribution in [1.29, 1.82) is 0 Å². The molecule has 0 amide bonds. The third-order valence-electron chi connectivity index (χ3n) is 4.70. The largest absolute Gasteiger partial charge is 0.387 e. The second-order valence-electron chi connectivity index (χ2n) is 7.17. The average Bonchev–Trinajstić information content (AvgIpc) is 2.46. The van der Waals surface area contributed by atoms with Crippen molar-refractivity contribution in [3.8, 4) is 0 Å². The average molecular weight is 290 g/mol. The molecule has 3 heteroatoms. The zero-order valence-corrected chi connectivity index (χ0v) is 13.7. The molecule has 0 unspecified atom stereocenters. The normalized spacial score (nSPS) is 18.7. The Morgan fingerprint density at radius 1 is 1.33 bits per heavy atom. The highest BCUT2D eigenvalue weighted by molar-refractivity contribution is 5.21. The van der Waals surface area contributed by atoms with E-state index in [4.69, 9.17) is 0 Å². The summed E-state index contributed by atoms with van der Waals surface area (Å²) in [6.45, 7) is 7.05. The van der Waals surface area contributed by atoms with E-state index in [1.807, 2.05) is 19.1 Å². The van der Waals surface area contributed by atoms with Gasteiger partial charge in [0.1, 0.15) is 0 Å². The molecule has 0 aromatic carbocycles. The monoisotopic (exact) mass is 290 g/mol. The first-order chi connectivity index (χ1) is 9.98. The molecule has 21 heavy (non-hydrogen) atoms. The number of nitrogens with one attached hydrogen (secondary N) is 1. The van der Waals surface area contributed by atoms with Gasteiger partial charge in [0.15, 0.2) is 0 Å². The fourth-order valence-corrected chi connectivity index (χ4v) is 3.52. The van der Waals surface area contributed by atoms with Gasteiger partial charge in [-0.1, -0.05) is 38.2 Å². The quantitative estimate of drug-likeness (QED) is 0.838. The molecule has 0 aliphatic heterocycles. The Morgan fingerprint density at radius 2 is 2.05 bits per heavy atom. The zero-order valence-electron chi connectivity index (χ0n) is 13.7. The summed E-state index contributed by atoms with van der Waals surface area (Å²) in [4.78, 5) is 4.25. The Balaban J connectivity index is 1.84. The minimum atomic E-state index is -0.482. The predicted octanol–water partition coefficient (Wildman–Crippen LogP) is 3.76. The first-order valence-electron chi connectivity index (χ1n) is 8.32. The van der Waals surface area contributed by atoms with Crippen LogP contribution in [0.4, 0.5) is 0 Å². The number of hydrogen-bond donors (Lipinski definition) is 2. The van der Waals surface area contributed by atoms with E-state index in [9.17, 15) is 5.11 Å². The lowest BCUT2D eigenvalue weighted by atomic mass is 9.81. The molecule has 3 nitrogen and oxygen atoms in total. The van der Waals surface area contributed by atoms with Gasteiger partial charge in [0.05, 0.1) is 6.10 Å². The topological polar surface area (TPSA) is 45.2 Å². The van der Waals surface area contributed by atoms with Crippen LogP contribution in [0.15, 0.2) is 18.3 Å². The van der Waals surface area contributed by atoms with E-state index in [1.165, 1.54) is 38.5 Å². The number of rotatable bonds is 6. The van der Waals surface area contributed by atoms with Gasteiger partial charge in [0, 0.05) is 29.5 Å². The second kappa shape index (κ2) is 7.37. The molecule has 1 saturated carbocycles. The minimum Gasteiger partial charge on any atom is -0.387 e. The van der Waals surface area contributed by atoms with Crippen LogP contribution in [0.5, 0.6) is 0 Å². The third kappa shape index (κ3) is 5.08. The maximum absolute atomic E-state index is 10.4. The van der Waals surface area contributed by atoms with Crippen LogP contribution in [0.1, 0.15) is 69.7 Å². The summed E-state index contributed by atoms with van der Waals surface area (Å²) in [5.74, 6) is 0.846. The predicted molar refractivity (Wildman–Crippen MR) is 87.2 cm³/mol. The van der Waals surface area contributed by atoms with Crippen molar-refractivity contribution in [3.63, 3.8) is 0 Å². The number of aliphatic hydroxyl groups excluding tert-OH is 1. The van der Waals surface area contributed by atoms with Crippen LogP contribution >= 0.6 is 0 Å². The SMILES string of the molecule is Cc1ncccc1[C@@H](O)CNC(C)(C)CC1CCCCC1. The molecule has 1 aliphatic rings. The summed E-state index contributed by atoms with van der Waals surface area (Å²) in [5, 5.41) is 13.9. The number of hydrogen-bond acceptors (Lipinski definition) is 3. The van der Waals surface area contributed by atoms with Crippen LogP contribution < -0.4 is 5.32 Å². The molecule has 2 N–H and O–H groups in total. The van der Waals surface area contributed by atoms with Gasteiger partial charge in [-0.05, 0) is 39.2 Å². The van der Waals surface area contributed by atoms with Crippen molar-refractivity contribution < 1.29 is 5.11 Å². The lowest BCUT2D eigenvalue weighted by Crippen LogP contribution is -2.43. The van der Waals surface area contributed by atoms with Gasteiger partial charge in [0.25, 0.3) is 0 Å². The van der Waals surface area contributed by atoms with Crippen molar-refractivity contribution in [2.24, 2.45) is 5.92 Å². The molecule has 0 saturated heterocycles. The summed E-state index contributed by atoms with van der Waals surface area (Å²) in [5.41, 5.74) is 1.93. The second-order valence-corrected chi connectivity index (χ2v) is 7.17. The Kier molecular flexibility index (Phi) is 5.77. The molecular weight excluding hydrogens is 260 g/mol. The Morgan fingerprint density at radius 3 is 2.71 bits per heavy atom. The highest BCUT2D eigenvalue weighted by atomic mass is 16.3. The summed E-state index contributed by atoms with van der Waals surface area (Å²) < 4.78 is 0. The molecule has 1 heterocycles. The van der Waals surface area contributed by atoms with E-state index < -0.39 is 6.10 Å². The van der Waals surface area contributed by atoms with Gasteiger partial charge in [-0.25, -0.2) is 0 Å². The Labute approximate surface area is 129 Å². The standard InChI is InChI=1S/C18H30N2O/c1-14-16(10-7-11-19-14)17(21)13-20-18(2,3)12-15-8-5-4-6-9-15/h7,10-11,15,17,20-21H,4-6,8-9,12-13H2,1-3H3/t17-/m0/s1. The van der Waals surface area contributed by atoms with E-state index in [0.717, 1.165) is 17.2 Å². The third-order valence-corrected chi connectivity index (χ3v) is 4.70. The van der Waals surface area contributed by atoms with Crippen molar-refractivity contribution >= 4 is 0 Å². The maximum Gasteiger partial charge on any atom is 0.0932 e. The highest BCUT2D eigenvalue weighted by Gasteiger charge is 2.25. The molecule has 1 aliphatic carbocycles. The highest BCUT2D eigenvalue weighted by Crippen LogP contribution is 2.30. The first-order valence-corrected chi connectivity index (χ1v) is 8.32. The smallest absolute Gasteiger partial charge is 0.0932 e. The van der Waals surface area contributed by atoms with Crippen molar-refractivity contribution in [3.05, 3.63) is 29.6 Å². The number of β-amino-alcohol motifs (C(OH)–C–C–N with tert-alkyl or cyclic N) is 1. The van der Waals surface area contributed by atoms with Gasteiger partial charge in [0.2, 0.25) is 0 Å². The fraction of sp³-hybridized carbons (Fsp3) is 0.722. The number of aromatic nitrogens is 1. The number of aliphatic hydroxyl groups is 1. The van der Waals surface area contributed by atoms with Crippen molar-refractivity contribution in [2.45, 2.75) is 70.9 Å². The molecule has 0 spiro atoms. The molecule has 0 bridgehead atoms. The van der Waals surface area contributed by atoms with Gasteiger partial charge in [-0.3, -0.25) is 4.98 Å². The Bertz CT molecular complexity index is 439. The van der Waals surface area contributed by atoms with E-state index in [0.29, 0.717) is 6.54 Å². The van der Waals surface area contributed by atoms with E-state index in [2.05, 4.69) is 24.1 Å². The lowest BCUT2D eigenvalue weighted by molar-refractivity contribution is 0.150. The molecule has 2 rings (SSSR count). The first kappa shape index (κ1) is 16.4. The minimum absolute atomic E-state index is 0.0824. The van der Waals surface area contributed by atoms with Gasteiger partial charge < -0.3 is 10.4 Å². The lowest BCUT2D eigenvalue weighted by Gasteiger charge is -2.33. The van der Waals surface area contributed by atoms with Crippen LogP contribution in [0.25, 0.3) is 0 Å². The van der Waals surface area contributed by atoms with Gasteiger partial charge in [-0.15, -0.1) is 0 Å². The van der Waals surface area contributed by atoms with Crippen LogP contribution in [0, 0.1) is 12.8 Å². The zero-order chi connectivity index (χ0) is 15.3. The molecule has 1 aromatic rings. The maximum atomic E-state index is 10.4.